The lowest BCUT2D eigenvalue weighted by molar-refractivity contribution is -0.117. The summed E-state index contributed by atoms with van der Waals surface area (Å²) >= 11 is 0. The van der Waals surface area contributed by atoms with Gasteiger partial charge in [0, 0.05) is 11.8 Å². The summed E-state index contributed by atoms with van der Waals surface area (Å²) in [6.07, 6.45) is 0. The number of hydrogen-bond donors (Lipinski definition) is 1. The maximum absolute atomic E-state index is 12.2. The van der Waals surface area contributed by atoms with E-state index in [0.29, 0.717) is 11.4 Å². The molecule has 1 amide bonds. The number of hydrogen-bond acceptors (Lipinski definition) is 3. The monoisotopic (exact) mass is 280 g/mol. The molecule has 2 aromatic rings. The molecule has 0 bridgehead atoms. The molecule has 0 fully saturated rings. The lowest BCUT2D eigenvalue weighted by Gasteiger charge is -2.13. The van der Waals surface area contributed by atoms with Gasteiger partial charge in [0.2, 0.25) is 5.91 Å². The molecule has 1 atom stereocenters. The van der Waals surface area contributed by atoms with Crippen LogP contribution in [-0.2, 0) is 4.79 Å². The normalized spacial score (nSPS) is 11.2. The van der Waals surface area contributed by atoms with Gasteiger partial charge < -0.3 is 10.1 Å². The van der Waals surface area contributed by atoms with E-state index in [0.717, 1.165) is 5.56 Å². The van der Waals surface area contributed by atoms with E-state index >= 15 is 0 Å². The van der Waals surface area contributed by atoms with E-state index in [1.807, 2.05) is 43.3 Å². The molecule has 0 saturated heterocycles. The number of anilines is 1. The maximum Gasteiger partial charge on any atom is 0.231 e. The van der Waals surface area contributed by atoms with Crippen LogP contribution in [0.4, 0.5) is 5.69 Å². The smallest absolute Gasteiger partial charge is 0.231 e. The van der Waals surface area contributed by atoms with Gasteiger partial charge in [0.25, 0.3) is 0 Å². The molecule has 2 rings (SSSR count). The SMILES string of the molecule is CC(C(=O)Nc1cccc(OCC#N)c1)c1ccccc1. The minimum atomic E-state index is -0.241. The van der Waals surface area contributed by atoms with E-state index in [4.69, 9.17) is 10.00 Å². The highest BCUT2D eigenvalue weighted by atomic mass is 16.5. The number of amides is 1. The molecule has 0 aliphatic carbocycles. The Balaban J connectivity index is 2.04. The van der Waals surface area contributed by atoms with Crippen LogP contribution in [0.25, 0.3) is 0 Å². The van der Waals surface area contributed by atoms with Gasteiger partial charge in [0.05, 0.1) is 5.92 Å². The standard InChI is InChI=1S/C17H16N2O2/c1-13(14-6-3-2-4-7-14)17(20)19-15-8-5-9-16(12-15)21-11-10-18/h2-9,12-13H,11H2,1H3,(H,19,20). The van der Waals surface area contributed by atoms with Gasteiger partial charge in [-0.2, -0.15) is 5.26 Å². The number of carbonyl (C=O) groups is 1. The second kappa shape index (κ2) is 7.11. The average Bonchev–Trinajstić information content (AvgIpc) is 2.53. The minimum Gasteiger partial charge on any atom is -0.479 e. The van der Waals surface area contributed by atoms with E-state index in [1.165, 1.54) is 0 Å². The van der Waals surface area contributed by atoms with E-state index in [2.05, 4.69) is 5.32 Å². The molecule has 0 aliphatic rings. The first kappa shape index (κ1) is 14.6. The highest BCUT2D eigenvalue weighted by Gasteiger charge is 2.15. The van der Waals surface area contributed by atoms with E-state index in [9.17, 15) is 4.79 Å². The fraction of sp³-hybridized carbons (Fsp3) is 0.176. The van der Waals surface area contributed by atoms with Gasteiger partial charge >= 0.3 is 0 Å². The average molecular weight is 280 g/mol. The maximum atomic E-state index is 12.2. The fourth-order valence-corrected chi connectivity index (χ4v) is 1.92. The molecule has 1 N–H and O–H groups in total. The van der Waals surface area contributed by atoms with Crippen molar-refractivity contribution >= 4 is 11.6 Å². The summed E-state index contributed by atoms with van der Waals surface area (Å²) in [6, 6.07) is 18.5. The van der Waals surface area contributed by atoms with Crippen molar-refractivity contribution in [3.8, 4) is 11.8 Å². The molecule has 0 aromatic heterocycles. The van der Waals surface area contributed by atoms with Crippen molar-refractivity contribution in [2.45, 2.75) is 12.8 Å². The van der Waals surface area contributed by atoms with Crippen LogP contribution in [0.15, 0.2) is 54.6 Å². The number of nitrogens with zero attached hydrogens (tertiary/aromatic N) is 1. The van der Waals surface area contributed by atoms with Gasteiger partial charge in [-0.1, -0.05) is 36.4 Å². The van der Waals surface area contributed by atoms with Crippen LogP contribution in [0.3, 0.4) is 0 Å². The molecule has 0 radical (unpaired) electrons. The van der Waals surface area contributed by atoms with Gasteiger partial charge in [-0.3, -0.25) is 4.79 Å². The summed E-state index contributed by atoms with van der Waals surface area (Å²) in [6.45, 7) is 1.85. The zero-order valence-electron chi connectivity index (χ0n) is 11.7. The lowest BCUT2D eigenvalue weighted by atomic mass is 10.0. The number of carbonyl (C=O) groups excluding carboxylic acids is 1. The zero-order chi connectivity index (χ0) is 15.1. The van der Waals surface area contributed by atoms with Crippen molar-refractivity contribution in [3.63, 3.8) is 0 Å². The molecular weight excluding hydrogens is 264 g/mol. The van der Waals surface area contributed by atoms with Crippen LogP contribution < -0.4 is 10.1 Å². The van der Waals surface area contributed by atoms with Gasteiger partial charge in [-0.15, -0.1) is 0 Å². The molecule has 4 heteroatoms. The molecule has 0 heterocycles. The summed E-state index contributed by atoms with van der Waals surface area (Å²) in [5.74, 6) is 0.232. The Labute approximate surface area is 124 Å². The molecule has 1 unspecified atom stereocenters. The van der Waals surface area contributed by atoms with Gasteiger partial charge in [0.15, 0.2) is 6.61 Å². The quantitative estimate of drug-likeness (QED) is 0.913. The molecule has 4 nitrogen and oxygen atoms in total. The van der Waals surface area contributed by atoms with Gasteiger partial charge in [-0.25, -0.2) is 0 Å². The van der Waals surface area contributed by atoms with E-state index < -0.39 is 0 Å². The highest BCUT2D eigenvalue weighted by Crippen LogP contribution is 2.20. The third-order valence-electron chi connectivity index (χ3n) is 3.10. The Kier molecular flexibility index (Phi) is 4.94. The van der Waals surface area contributed by atoms with Crippen molar-refractivity contribution in [1.29, 1.82) is 5.26 Å². The minimum absolute atomic E-state index is 0.0161. The van der Waals surface area contributed by atoms with Gasteiger partial charge in [0.1, 0.15) is 11.8 Å². The van der Waals surface area contributed by atoms with Crippen LogP contribution in [0.1, 0.15) is 18.4 Å². The number of benzene rings is 2. The first-order valence-corrected chi connectivity index (χ1v) is 6.66. The predicted molar refractivity (Wildman–Crippen MR) is 81.0 cm³/mol. The molecule has 2 aromatic carbocycles. The molecule has 0 saturated carbocycles. The summed E-state index contributed by atoms with van der Waals surface area (Å²) in [7, 11) is 0. The van der Waals surface area contributed by atoms with Gasteiger partial charge in [-0.05, 0) is 24.6 Å². The Bertz CT molecular complexity index is 647. The highest BCUT2D eigenvalue weighted by molar-refractivity contribution is 5.95. The molecule has 0 spiro atoms. The zero-order valence-corrected chi connectivity index (χ0v) is 11.7. The Morgan fingerprint density at radius 1 is 1.24 bits per heavy atom. The van der Waals surface area contributed by atoms with Crippen molar-refractivity contribution < 1.29 is 9.53 Å². The molecular formula is C17H16N2O2. The molecule has 0 aliphatic heterocycles. The van der Waals surface area contributed by atoms with Crippen LogP contribution in [0.2, 0.25) is 0 Å². The van der Waals surface area contributed by atoms with Crippen molar-refractivity contribution in [1.82, 2.24) is 0 Å². The summed E-state index contributed by atoms with van der Waals surface area (Å²) in [5.41, 5.74) is 1.62. The summed E-state index contributed by atoms with van der Waals surface area (Å²) < 4.78 is 5.21. The Morgan fingerprint density at radius 2 is 2.00 bits per heavy atom. The van der Waals surface area contributed by atoms with Crippen LogP contribution in [0.5, 0.6) is 5.75 Å². The number of ether oxygens (including phenoxy) is 1. The first-order valence-electron chi connectivity index (χ1n) is 6.66. The van der Waals surface area contributed by atoms with E-state index in [1.54, 1.807) is 24.3 Å². The molecule has 106 valence electrons. The van der Waals surface area contributed by atoms with Crippen LogP contribution in [-0.4, -0.2) is 12.5 Å². The first-order chi connectivity index (χ1) is 10.2. The predicted octanol–water partition coefficient (Wildman–Crippen LogP) is 3.33. The van der Waals surface area contributed by atoms with Crippen molar-refractivity contribution in [2.75, 3.05) is 11.9 Å². The third kappa shape index (κ3) is 4.08. The largest absolute Gasteiger partial charge is 0.479 e. The second-order valence-electron chi connectivity index (χ2n) is 4.60. The fourth-order valence-electron chi connectivity index (χ4n) is 1.92. The Hall–Kier alpha value is -2.80. The van der Waals surface area contributed by atoms with E-state index in [-0.39, 0.29) is 18.4 Å². The number of nitrogens with one attached hydrogen (secondary N) is 1. The summed E-state index contributed by atoms with van der Waals surface area (Å²) in [4.78, 5) is 12.2. The second-order valence-corrected chi connectivity index (χ2v) is 4.60. The summed E-state index contributed by atoms with van der Waals surface area (Å²) in [5, 5.41) is 11.4. The topological polar surface area (TPSA) is 62.1 Å². The van der Waals surface area contributed by atoms with Crippen LogP contribution in [0, 0.1) is 11.3 Å². The molecule has 21 heavy (non-hydrogen) atoms. The lowest BCUT2D eigenvalue weighted by Crippen LogP contribution is -2.18. The van der Waals surface area contributed by atoms with Crippen molar-refractivity contribution in [2.24, 2.45) is 0 Å². The number of nitriles is 1. The van der Waals surface area contributed by atoms with Crippen molar-refractivity contribution in [3.05, 3.63) is 60.2 Å². The number of rotatable bonds is 5. The Morgan fingerprint density at radius 3 is 2.71 bits per heavy atom. The van der Waals surface area contributed by atoms with Crippen LogP contribution >= 0.6 is 0 Å². The third-order valence-corrected chi connectivity index (χ3v) is 3.10.